The quantitative estimate of drug-likeness (QED) is 0.743. The van der Waals surface area contributed by atoms with Crippen LogP contribution in [-0.4, -0.2) is 19.2 Å². The van der Waals surface area contributed by atoms with Gasteiger partial charge in [-0.05, 0) is 24.6 Å². The van der Waals surface area contributed by atoms with E-state index in [1.807, 2.05) is 18.2 Å². The van der Waals surface area contributed by atoms with E-state index in [-0.39, 0.29) is 0 Å². The molecule has 0 radical (unpaired) electrons. The molecule has 2 aromatic carbocycles. The fourth-order valence-electron chi connectivity index (χ4n) is 2.42. The van der Waals surface area contributed by atoms with Gasteiger partial charge in [0.1, 0.15) is 11.5 Å². The van der Waals surface area contributed by atoms with Crippen molar-refractivity contribution in [3.63, 3.8) is 0 Å². The molecule has 3 heteroatoms. The molecular formula is C15H15NO2. The first kappa shape index (κ1) is 11.0. The van der Waals surface area contributed by atoms with Crippen LogP contribution in [0.1, 0.15) is 5.56 Å². The monoisotopic (exact) mass is 241 g/mol. The summed E-state index contributed by atoms with van der Waals surface area (Å²) in [5.74, 6) is 1.76. The molecule has 18 heavy (non-hydrogen) atoms. The van der Waals surface area contributed by atoms with Crippen LogP contribution < -0.4 is 9.47 Å². The minimum absolute atomic E-state index is 0.861. The number of para-hydroxylation sites is 1. The number of ether oxygens (including phenoxy) is 2. The molecule has 3 nitrogen and oxygen atoms in total. The van der Waals surface area contributed by atoms with E-state index < -0.39 is 0 Å². The van der Waals surface area contributed by atoms with Crippen LogP contribution in [0.15, 0.2) is 30.3 Å². The molecule has 0 unspecified atom stereocenters. The zero-order valence-electron chi connectivity index (χ0n) is 10.7. The molecule has 0 spiro atoms. The Hall–Kier alpha value is -2.16. The summed E-state index contributed by atoms with van der Waals surface area (Å²) < 4.78 is 10.7. The summed E-state index contributed by atoms with van der Waals surface area (Å²) in [5.41, 5.74) is 3.23. The number of aromatic nitrogens is 1. The van der Waals surface area contributed by atoms with Crippen molar-refractivity contribution in [2.45, 2.75) is 6.92 Å². The van der Waals surface area contributed by atoms with Crippen molar-refractivity contribution >= 4 is 21.8 Å². The van der Waals surface area contributed by atoms with Gasteiger partial charge in [0.05, 0.1) is 25.3 Å². The largest absolute Gasteiger partial charge is 0.496 e. The highest BCUT2D eigenvalue weighted by Crippen LogP contribution is 2.34. The molecule has 0 saturated heterocycles. The van der Waals surface area contributed by atoms with Gasteiger partial charge in [0.25, 0.3) is 0 Å². The van der Waals surface area contributed by atoms with Crippen molar-refractivity contribution in [2.24, 2.45) is 0 Å². The van der Waals surface area contributed by atoms with Crippen LogP contribution in [0.3, 0.4) is 0 Å². The first-order chi connectivity index (χ1) is 8.74. The molecule has 3 aromatic rings. The Balaban J connectivity index is 2.43. The fraction of sp³-hybridized carbons (Fsp3) is 0.200. The molecule has 0 amide bonds. The van der Waals surface area contributed by atoms with Gasteiger partial charge in [-0.3, -0.25) is 0 Å². The Morgan fingerprint density at radius 1 is 0.944 bits per heavy atom. The number of aromatic amines is 1. The molecule has 1 heterocycles. The highest BCUT2D eigenvalue weighted by molar-refractivity contribution is 6.09. The number of aryl methyl sites for hydroxylation is 1. The van der Waals surface area contributed by atoms with Crippen LogP contribution in [0.25, 0.3) is 21.8 Å². The van der Waals surface area contributed by atoms with Gasteiger partial charge in [-0.1, -0.05) is 12.1 Å². The molecular weight excluding hydrogens is 226 g/mol. The third-order valence-electron chi connectivity index (χ3n) is 3.33. The number of rotatable bonds is 2. The lowest BCUT2D eigenvalue weighted by Gasteiger charge is -2.03. The van der Waals surface area contributed by atoms with E-state index in [2.05, 4.69) is 24.0 Å². The zero-order chi connectivity index (χ0) is 12.7. The second-order valence-corrected chi connectivity index (χ2v) is 4.38. The Labute approximate surface area is 105 Å². The smallest absolute Gasteiger partial charge is 0.142 e. The first-order valence-electron chi connectivity index (χ1n) is 5.87. The fourth-order valence-corrected chi connectivity index (χ4v) is 2.42. The van der Waals surface area contributed by atoms with Gasteiger partial charge in [0, 0.05) is 16.8 Å². The average Bonchev–Trinajstić information content (AvgIpc) is 2.75. The van der Waals surface area contributed by atoms with Crippen LogP contribution in [0, 0.1) is 6.92 Å². The standard InChI is InChI=1S/C15H15NO2/c1-9-7-11-10-5-4-6-13(17-2)15(10)16-12(11)8-14(9)18-3/h4-8,16H,1-3H3. The SMILES string of the molecule is COc1cc2[nH]c3c(OC)cccc3c2cc1C. The minimum atomic E-state index is 0.861. The third-order valence-corrected chi connectivity index (χ3v) is 3.33. The highest BCUT2D eigenvalue weighted by Gasteiger charge is 2.10. The lowest BCUT2D eigenvalue weighted by Crippen LogP contribution is -1.86. The maximum Gasteiger partial charge on any atom is 0.142 e. The Kier molecular flexibility index (Phi) is 2.40. The topological polar surface area (TPSA) is 34.2 Å². The van der Waals surface area contributed by atoms with Crippen molar-refractivity contribution in [1.29, 1.82) is 0 Å². The molecule has 0 bridgehead atoms. The molecule has 0 saturated carbocycles. The van der Waals surface area contributed by atoms with Gasteiger partial charge in [0.2, 0.25) is 0 Å². The van der Waals surface area contributed by atoms with Crippen LogP contribution >= 0.6 is 0 Å². The highest BCUT2D eigenvalue weighted by atomic mass is 16.5. The maximum atomic E-state index is 5.38. The van der Waals surface area contributed by atoms with E-state index in [9.17, 15) is 0 Å². The lowest BCUT2D eigenvalue weighted by atomic mass is 10.1. The number of hydrogen-bond donors (Lipinski definition) is 1. The van der Waals surface area contributed by atoms with Gasteiger partial charge in [-0.25, -0.2) is 0 Å². The third kappa shape index (κ3) is 1.44. The molecule has 92 valence electrons. The summed E-state index contributed by atoms with van der Waals surface area (Å²) >= 11 is 0. The second-order valence-electron chi connectivity index (χ2n) is 4.38. The number of benzene rings is 2. The molecule has 1 N–H and O–H groups in total. The summed E-state index contributed by atoms with van der Waals surface area (Å²) in [5, 5.41) is 2.37. The van der Waals surface area contributed by atoms with Crippen LogP contribution in [0.4, 0.5) is 0 Å². The molecule has 1 aromatic heterocycles. The number of H-pyrrole nitrogens is 1. The van der Waals surface area contributed by atoms with E-state index in [0.29, 0.717) is 0 Å². The van der Waals surface area contributed by atoms with Crippen molar-refractivity contribution in [3.8, 4) is 11.5 Å². The van der Waals surface area contributed by atoms with Crippen LogP contribution in [0.5, 0.6) is 11.5 Å². The van der Waals surface area contributed by atoms with Crippen LogP contribution in [-0.2, 0) is 0 Å². The van der Waals surface area contributed by atoms with E-state index >= 15 is 0 Å². The second kappa shape index (κ2) is 3.95. The number of hydrogen-bond acceptors (Lipinski definition) is 2. The van der Waals surface area contributed by atoms with Crippen LogP contribution in [0.2, 0.25) is 0 Å². The molecule has 3 rings (SSSR count). The molecule has 0 aliphatic rings. The summed E-state index contributed by atoms with van der Waals surface area (Å²) in [7, 11) is 3.38. The number of fused-ring (bicyclic) bond motifs is 3. The van der Waals surface area contributed by atoms with E-state index in [0.717, 1.165) is 28.1 Å². The van der Waals surface area contributed by atoms with Crippen molar-refractivity contribution < 1.29 is 9.47 Å². The lowest BCUT2D eigenvalue weighted by molar-refractivity contribution is 0.412. The molecule has 0 aliphatic heterocycles. The van der Waals surface area contributed by atoms with Gasteiger partial charge >= 0.3 is 0 Å². The molecule has 0 fully saturated rings. The zero-order valence-corrected chi connectivity index (χ0v) is 10.7. The Morgan fingerprint density at radius 3 is 2.44 bits per heavy atom. The summed E-state index contributed by atoms with van der Waals surface area (Å²) in [6.07, 6.45) is 0. The average molecular weight is 241 g/mol. The molecule has 0 aliphatic carbocycles. The van der Waals surface area contributed by atoms with E-state index in [1.54, 1.807) is 14.2 Å². The maximum absolute atomic E-state index is 5.38. The Bertz CT molecular complexity index is 728. The normalized spacial score (nSPS) is 11.1. The minimum Gasteiger partial charge on any atom is -0.496 e. The van der Waals surface area contributed by atoms with E-state index in [1.165, 1.54) is 10.8 Å². The van der Waals surface area contributed by atoms with Gasteiger partial charge in [-0.2, -0.15) is 0 Å². The van der Waals surface area contributed by atoms with Gasteiger partial charge in [-0.15, -0.1) is 0 Å². The Morgan fingerprint density at radius 2 is 1.72 bits per heavy atom. The predicted octanol–water partition coefficient (Wildman–Crippen LogP) is 3.65. The number of nitrogens with one attached hydrogen (secondary N) is 1. The summed E-state index contributed by atoms with van der Waals surface area (Å²) in [6, 6.07) is 10.2. The van der Waals surface area contributed by atoms with E-state index in [4.69, 9.17) is 9.47 Å². The van der Waals surface area contributed by atoms with Crippen molar-refractivity contribution in [3.05, 3.63) is 35.9 Å². The number of methoxy groups -OCH3 is 2. The van der Waals surface area contributed by atoms with Crippen molar-refractivity contribution in [2.75, 3.05) is 14.2 Å². The summed E-state index contributed by atoms with van der Waals surface area (Å²) in [6.45, 7) is 2.05. The first-order valence-corrected chi connectivity index (χ1v) is 5.87. The van der Waals surface area contributed by atoms with Gasteiger partial charge < -0.3 is 14.5 Å². The molecule has 0 atom stereocenters. The predicted molar refractivity (Wildman–Crippen MR) is 73.6 cm³/mol. The summed E-state index contributed by atoms with van der Waals surface area (Å²) in [4.78, 5) is 3.39. The van der Waals surface area contributed by atoms with Crippen molar-refractivity contribution in [1.82, 2.24) is 4.98 Å². The van der Waals surface area contributed by atoms with Gasteiger partial charge in [0.15, 0.2) is 0 Å².